The fraction of sp³-hybridized carbons (Fsp3) is 0.219. The molecule has 0 aliphatic heterocycles. The lowest BCUT2D eigenvalue weighted by Crippen LogP contribution is -2.27. The van der Waals surface area contributed by atoms with E-state index in [0.717, 1.165) is 0 Å². The molecule has 11 heteroatoms. The molecule has 11 nitrogen and oxygen atoms in total. The fourth-order valence-corrected chi connectivity index (χ4v) is 4.66. The Morgan fingerprint density at radius 2 is 1.79 bits per heavy atom. The largest absolute Gasteiger partial charge is 0.496 e. The molecule has 0 unspecified atom stereocenters. The summed E-state index contributed by atoms with van der Waals surface area (Å²) in [5, 5.41) is 2.86. The fourth-order valence-electron chi connectivity index (χ4n) is 4.66. The van der Waals surface area contributed by atoms with E-state index in [1.807, 2.05) is 18.2 Å². The Balaban J connectivity index is 1.41. The summed E-state index contributed by atoms with van der Waals surface area (Å²) in [6.07, 6.45) is 2.44. The minimum Gasteiger partial charge on any atom is -0.496 e. The number of rotatable bonds is 6. The van der Waals surface area contributed by atoms with Gasteiger partial charge in [0, 0.05) is 12.6 Å². The number of fused-ring (bicyclic) bond motifs is 1. The first kappa shape index (κ1) is 29.1. The molecule has 220 valence electrons. The highest BCUT2D eigenvalue weighted by molar-refractivity contribution is 6.12. The molecule has 0 aliphatic rings. The molecular formula is C32H31N5O6. The van der Waals surface area contributed by atoms with Gasteiger partial charge in [-0.25, -0.2) is 19.3 Å². The van der Waals surface area contributed by atoms with Crippen molar-refractivity contribution in [3.63, 3.8) is 0 Å². The molecule has 0 fully saturated rings. The number of methoxy groups -OCH3 is 1. The second-order valence-electron chi connectivity index (χ2n) is 10.7. The lowest BCUT2D eigenvalue weighted by Gasteiger charge is -2.20. The molecule has 0 bridgehead atoms. The summed E-state index contributed by atoms with van der Waals surface area (Å²) in [7, 11) is 3.07. The third kappa shape index (κ3) is 5.82. The number of carbonyl (C=O) groups excluding carboxylic acids is 3. The van der Waals surface area contributed by atoms with Crippen molar-refractivity contribution in [3.05, 3.63) is 90.1 Å². The predicted octanol–water partition coefficient (Wildman–Crippen LogP) is 6.32. The number of hydrogen-bond acceptors (Lipinski definition) is 8. The summed E-state index contributed by atoms with van der Waals surface area (Å²) in [5.41, 5.74) is 2.41. The van der Waals surface area contributed by atoms with Crippen LogP contribution in [0.15, 0.2) is 77.5 Å². The van der Waals surface area contributed by atoms with E-state index in [0.29, 0.717) is 45.3 Å². The maximum absolute atomic E-state index is 13.5. The number of oxazole rings is 1. The number of carbonyl (C=O) groups is 3. The van der Waals surface area contributed by atoms with E-state index in [1.165, 1.54) is 41.2 Å². The topological polar surface area (TPSA) is 129 Å². The van der Waals surface area contributed by atoms with Crippen LogP contribution in [-0.4, -0.2) is 52.2 Å². The van der Waals surface area contributed by atoms with Crippen molar-refractivity contribution in [1.29, 1.82) is 0 Å². The van der Waals surface area contributed by atoms with Crippen molar-refractivity contribution in [1.82, 2.24) is 14.5 Å². The minimum absolute atomic E-state index is 0.209. The van der Waals surface area contributed by atoms with Gasteiger partial charge in [0.25, 0.3) is 11.8 Å². The summed E-state index contributed by atoms with van der Waals surface area (Å²) in [6, 6.07) is 17.0. The van der Waals surface area contributed by atoms with Crippen LogP contribution in [0.3, 0.4) is 0 Å². The van der Waals surface area contributed by atoms with Crippen LogP contribution in [0.4, 0.5) is 16.2 Å². The van der Waals surface area contributed by atoms with Crippen molar-refractivity contribution in [3.8, 4) is 17.2 Å². The standard InChI is InChI=1S/C32H31N5O6/c1-19-34-27-23(11-9-13-25(27)37(19)31(40)43-32(2,3)4)35-28(38)22-15-14-20(18-26(22)41-6)30(39)36(5)24-12-8-7-10-21(24)29-33-16-17-42-29/h7-18H,1-6H3,(H,35,38). The van der Waals surface area contributed by atoms with E-state index >= 15 is 0 Å². The molecule has 0 radical (unpaired) electrons. The molecule has 43 heavy (non-hydrogen) atoms. The van der Waals surface area contributed by atoms with E-state index in [-0.39, 0.29) is 17.2 Å². The number of aromatic nitrogens is 3. The van der Waals surface area contributed by atoms with Crippen LogP contribution in [0, 0.1) is 6.92 Å². The molecular weight excluding hydrogens is 550 g/mol. The van der Waals surface area contributed by atoms with Gasteiger partial charge in [-0.2, -0.15) is 0 Å². The summed E-state index contributed by atoms with van der Waals surface area (Å²) < 4.78 is 17.9. The Morgan fingerprint density at radius 1 is 1.02 bits per heavy atom. The Hall–Kier alpha value is -5.45. The van der Waals surface area contributed by atoms with Gasteiger partial charge in [0.05, 0.1) is 41.3 Å². The van der Waals surface area contributed by atoms with Crippen molar-refractivity contribution in [2.24, 2.45) is 0 Å². The number of nitrogens with zero attached hydrogens (tertiary/aromatic N) is 4. The molecule has 2 aromatic heterocycles. The SMILES string of the molecule is COc1cc(C(=O)N(C)c2ccccc2-c2ncco2)ccc1C(=O)Nc1cccc2c1nc(C)n2C(=O)OC(C)(C)C. The van der Waals surface area contributed by atoms with Gasteiger partial charge < -0.3 is 24.1 Å². The third-order valence-corrected chi connectivity index (χ3v) is 6.60. The highest BCUT2D eigenvalue weighted by Gasteiger charge is 2.25. The maximum atomic E-state index is 13.5. The molecule has 2 amide bonds. The van der Waals surface area contributed by atoms with Crippen LogP contribution in [-0.2, 0) is 4.74 Å². The van der Waals surface area contributed by atoms with Gasteiger partial charge in [-0.1, -0.05) is 18.2 Å². The van der Waals surface area contributed by atoms with Crippen molar-refractivity contribution < 1.29 is 28.3 Å². The smallest absolute Gasteiger partial charge is 0.420 e. The minimum atomic E-state index is -0.690. The van der Waals surface area contributed by atoms with Gasteiger partial charge >= 0.3 is 6.09 Å². The normalized spacial score (nSPS) is 11.3. The predicted molar refractivity (Wildman–Crippen MR) is 162 cm³/mol. The Labute approximate surface area is 248 Å². The molecule has 1 N–H and O–H groups in total. The first-order valence-corrected chi connectivity index (χ1v) is 13.5. The zero-order valence-electron chi connectivity index (χ0n) is 24.7. The van der Waals surface area contributed by atoms with Gasteiger partial charge in [-0.15, -0.1) is 0 Å². The maximum Gasteiger partial charge on any atom is 0.420 e. The molecule has 5 rings (SSSR count). The molecule has 2 heterocycles. The van der Waals surface area contributed by atoms with E-state index in [1.54, 1.807) is 65.1 Å². The van der Waals surface area contributed by atoms with Gasteiger partial charge in [0.15, 0.2) is 0 Å². The average Bonchev–Trinajstić information content (AvgIpc) is 3.63. The molecule has 0 spiro atoms. The van der Waals surface area contributed by atoms with Crippen LogP contribution in [0.5, 0.6) is 5.75 Å². The van der Waals surface area contributed by atoms with Crippen molar-refractivity contribution >= 4 is 40.3 Å². The van der Waals surface area contributed by atoms with Crippen molar-refractivity contribution in [2.45, 2.75) is 33.3 Å². The monoisotopic (exact) mass is 581 g/mol. The number of amides is 2. The zero-order chi connectivity index (χ0) is 30.9. The van der Waals surface area contributed by atoms with Gasteiger partial charge in [0.1, 0.15) is 29.0 Å². The Kier molecular flexibility index (Phi) is 7.73. The van der Waals surface area contributed by atoms with Gasteiger partial charge in [0.2, 0.25) is 5.89 Å². The van der Waals surface area contributed by atoms with Crippen LogP contribution in [0.25, 0.3) is 22.5 Å². The number of benzene rings is 3. The molecule has 3 aromatic carbocycles. The molecule has 0 atom stereocenters. The molecule has 0 aliphatic carbocycles. The summed E-state index contributed by atoms with van der Waals surface area (Å²) in [6.45, 7) is 7.04. The third-order valence-electron chi connectivity index (χ3n) is 6.60. The van der Waals surface area contributed by atoms with E-state index < -0.39 is 17.6 Å². The zero-order valence-corrected chi connectivity index (χ0v) is 24.7. The highest BCUT2D eigenvalue weighted by atomic mass is 16.6. The number of para-hydroxylation sites is 2. The van der Waals surface area contributed by atoms with Crippen LogP contribution in [0.2, 0.25) is 0 Å². The first-order chi connectivity index (χ1) is 20.5. The van der Waals surface area contributed by atoms with Gasteiger partial charge in [-0.05, 0) is 70.2 Å². The van der Waals surface area contributed by atoms with E-state index in [4.69, 9.17) is 13.9 Å². The van der Waals surface area contributed by atoms with Crippen LogP contribution in [0.1, 0.15) is 47.3 Å². The lowest BCUT2D eigenvalue weighted by molar-refractivity contribution is 0.0540. The number of anilines is 2. The van der Waals surface area contributed by atoms with E-state index in [2.05, 4.69) is 15.3 Å². The number of hydrogen-bond donors (Lipinski definition) is 1. The number of nitrogens with one attached hydrogen (secondary N) is 1. The van der Waals surface area contributed by atoms with Crippen molar-refractivity contribution in [2.75, 3.05) is 24.4 Å². The second-order valence-corrected chi connectivity index (χ2v) is 10.7. The summed E-state index contributed by atoms with van der Waals surface area (Å²) >= 11 is 0. The van der Waals surface area contributed by atoms with Crippen LogP contribution < -0.4 is 15.0 Å². The molecule has 0 saturated heterocycles. The quantitative estimate of drug-likeness (QED) is 0.247. The van der Waals surface area contributed by atoms with Crippen LogP contribution >= 0.6 is 0 Å². The average molecular weight is 582 g/mol. The first-order valence-electron chi connectivity index (χ1n) is 13.5. The number of ether oxygens (including phenoxy) is 2. The second kappa shape index (κ2) is 11.4. The lowest BCUT2D eigenvalue weighted by atomic mass is 10.1. The number of imidazole rings is 1. The Bertz CT molecular complexity index is 1840. The Morgan fingerprint density at radius 3 is 2.49 bits per heavy atom. The summed E-state index contributed by atoms with van der Waals surface area (Å²) in [4.78, 5) is 50.0. The number of aryl methyl sites for hydroxylation is 1. The molecule has 5 aromatic rings. The van der Waals surface area contributed by atoms with E-state index in [9.17, 15) is 14.4 Å². The van der Waals surface area contributed by atoms with Gasteiger partial charge in [-0.3, -0.25) is 9.59 Å². The highest BCUT2D eigenvalue weighted by Crippen LogP contribution is 2.31. The summed E-state index contributed by atoms with van der Waals surface area (Å²) in [5.74, 6) is 0.217. The molecule has 0 saturated carbocycles.